The molecule has 1 aromatic rings. The first-order valence-corrected chi connectivity index (χ1v) is 5.08. The summed E-state index contributed by atoms with van der Waals surface area (Å²) in [6.07, 6.45) is 2.11. The summed E-state index contributed by atoms with van der Waals surface area (Å²) in [4.78, 5) is 4.39. The van der Waals surface area contributed by atoms with E-state index >= 15 is 0 Å². The van der Waals surface area contributed by atoms with E-state index in [0.29, 0.717) is 12.0 Å². The third-order valence-electron chi connectivity index (χ3n) is 2.87. The molecule has 1 N–H and O–H groups in total. The molecule has 1 unspecified atom stereocenters. The van der Waals surface area contributed by atoms with Crippen LogP contribution in [-0.4, -0.2) is 29.9 Å². The van der Waals surface area contributed by atoms with E-state index in [-0.39, 0.29) is 0 Å². The van der Waals surface area contributed by atoms with Gasteiger partial charge in [0.05, 0.1) is 12.6 Å². The molecule has 0 bridgehead atoms. The highest BCUT2D eigenvalue weighted by molar-refractivity contribution is 5.02. The van der Waals surface area contributed by atoms with E-state index in [2.05, 4.69) is 15.5 Å². The van der Waals surface area contributed by atoms with Gasteiger partial charge < -0.3 is 14.6 Å². The molecular weight excluding hydrogens is 182 g/mol. The zero-order chi connectivity index (χ0) is 9.38. The maximum Gasteiger partial charge on any atom is 0.243 e. The van der Waals surface area contributed by atoms with Gasteiger partial charge in [-0.1, -0.05) is 5.16 Å². The van der Waals surface area contributed by atoms with Crippen molar-refractivity contribution in [3.63, 3.8) is 0 Å². The van der Waals surface area contributed by atoms with Gasteiger partial charge in [-0.25, -0.2) is 0 Å². The standard InChI is InChI=1S/C9H13N3O2/c1-3-10-7(1)9-11-8(12-14-9)6-2-4-13-5-6/h6-7,10H,1-5H2/t6?,7-/m1/s1. The number of ether oxygens (including phenoxy) is 1. The average Bonchev–Trinajstić information content (AvgIpc) is 2.65. The van der Waals surface area contributed by atoms with E-state index < -0.39 is 0 Å². The van der Waals surface area contributed by atoms with Crippen molar-refractivity contribution in [3.05, 3.63) is 11.7 Å². The van der Waals surface area contributed by atoms with Crippen molar-refractivity contribution >= 4 is 0 Å². The quantitative estimate of drug-likeness (QED) is 0.749. The smallest absolute Gasteiger partial charge is 0.243 e. The normalized spacial score (nSPS) is 31.7. The second kappa shape index (κ2) is 3.33. The molecule has 5 heteroatoms. The van der Waals surface area contributed by atoms with E-state index in [1.54, 1.807) is 0 Å². The van der Waals surface area contributed by atoms with Gasteiger partial charge in [0.25, 0.3) is 0 Å². The van der Waals surface area contributed by atoms with Crippen molar-refractivity contribution in [1.29, 1.82) is 0 Å². The number of rotatable bonds is 2. The lowest BCUT2D eigenvalue weighted by Crippen LogP contribution is -2.35. The van der Waals surface area contributed by atoms with Gasteiger partial charge in [-0.05, 0) is 19.4 Å². The van der Waals surface area contributed by atoms with Crippen LogP contribution in [-0.2, 0) is 4.74 Å². The van der Waals surface area contributed by atoms with Gasteiger partial charge in [-0.2, -0.15) is 4.98 Å². The molecular formula is C9H13N3O2. The predicted molar refractivity (Wildman–Crippen MR) is 47.8 cm³/mol. The SMILES string of the molecule is C1C[C@H](c2nc(C3CCOC3)no2)N1. The van der Waals surface area contributed by atoms with Crippen molar-refractivity contribution in [2.45, 2.75) is 24.8 Å². The van der Waals surface area contributed by atoms with Crippen LogP contribution < -0.4 is 5.32 Å². The number of nitrogens with one attached hydrogen (secondary N) is 1. The van der Waals surface area contributed by atoms with Crippen LogP contribution >= 0.6 is 0 Å². The molecule has 3 rings (SSSR count). The second-order valence-corrected chi connectivity index (χ2v) is 3.85. The molecule has 2 atom stereocenters. The fourth-order valence-corrected chi connectivity index (χ4v) is 1.79. The molecule has 0 radical (unpaired) electrons. The van der Waals surface area contributed by atoms with Crippen LogP contribution in [0.5, 0.6) is 0 Å². The third-order valence-corrected chi connectivity index (χ3v) is 2.87. The first kappa shape index (κ1) is 8.38. The Labute approximate surface area is 81.8 Å². The van der Waals surface area contributed by atoms with Crippen molar-refractivity contribution in [2.24, 2.45) is 0 Å². The third kappa shape index (κ3) is 1.33. The zero-order valence-electron chi connectivity index (χ0n) is 7.90. The van der Waals surface area contributed by atoms with Crippen molar-refractivity contribution < 1.29 is 9.26 Å². The molecule has 14 heavy (non-hydrogen) atoms. The van der Waals surface area contributed by atoms with Crippen LogP contribution in [0, 0.1) is 0 Å². The minimum atomic E-state index is 0.290. The molecule has 3 heterocycles. The Morgan fingerprint density at radius 3 is 2.93 bits per heavy atom. The summed E-state index contributed by atoms with van der Waals surface area (Å²) in [6.45, 7) is 2.60. The summed E-state index contributed by atoms with van der Waals surface area (Å²) in [6, 6.07) is 0.290. The fraction of sp³-hybridized carbons (Fsp3) is 0.778. The Bertz CT molecular complexity index is 316. The molecule has 0 aliphatic carbocycles. The summed E-state index contributed by atoms with van der Waals surface area (Å²) in [7, 11) is 0. The van der Waals surface area contributed by atoms with Crippen LogP contribution in [0.25, 0.3) is 0 Å². The van der Waals surface area contributed by atoms with Crippen molar-refractivity contribution in [2.75, 3.05) is 19.8 Å². The molecule has 0 aromatic carbocycles. The molecule has 2 aliphatic rings. The van der Waals surface area contributed by atoms with Gasteiger partial charge in [-0.3, -0.25) is 0 Å². The Kier molecular flexibility index (Phi) is 1.99. The Balaban J connectivity index is 1.75. The Morgan fingerprint density at radius 2 is 2.29 bits per heavy atom. The highest BCUT2D eigenvalue weighted by atomic mass is 16.5. The van der Waals surface area contributed by atoms with Crippen molar-refractivity contribution in [3.8, 4) is 0 Å². The second-order valence-electron chi connectivity index (χ2n) is 3.85. The zero-order valence-corrected chi connectivity index (χ0v) is 7.90. The number of hydrogen-bond donors (Lipinski definition) is 1. The summed E-state index contributed by atoms with van der Waals surface area (Å²) in [5, 5.41) is 7.23. The summed E-state index contributed by atoms with van der Waals surface area (Å²) in [5.74, 6) is 1.89. The van der Waals surface area contributed by atoms with Crippen LogP contribution in [0.3, 0.4) is 0 Å². The summed E-state index contributed by atoms with van der Waals surface area (Å²) < 4.78 is 10.5. The molecule has 0 spiro atoms. The number of aromatic nitrogens is 2. The van der Waals surface area contributed by atoms with Crippen LogP contribution in [0.4, 0.5) is 0 Å². The van der Waals surface area contributed by atoms with Crippen LogP contribution in [0.15, 0.2) is 4.52 Å². The lowest BCUT2D eigenvalue weighted by Gasteiger charge is -2.23. The first-order chi connectivity index (χ1) is 6.93. The topological polar surface area (TPSA) is 60.2 Å². The minimum Gasteiger partial charge on any atom is -0.381 e. The highest BCUT2D eigenvalue weighted by Crippen LogP contribution is 2.26. The van der Waals surface area contributed by atoms with Gasteiger partial charge in [0.2, 0.25) is 5.89 Å². The molecule has 0 amide bonds. The predicted octanol–water partition coefficient (Wildman–Crippen LogP) is 0.608. The lowest BCUT2D eigenvalue weighted by molar-refractivity contribution is 0.192. The number of hydrogen-bond acceptors (Lipinski definition) is 5. The maximum absolute atomic E-state index is 5.28. The van der Waals surface area contributed by atoms with Gasteiger partial charge >= 0.3 is 0 Å². The van der Waals surface area contributed by atoms with Crippen LogP contribution in [0.1, 0.15) is 36.5 Å². The fourth-order valence-electron chi connectivity index (χ4n) is 1.79. The number of nitrogens with zero attached hydrogens (tertiary/aromatic N) is 2. The van der Waals surface area contributed by atoms with Gasteiger partial charge in [0.1, 0.15) is 0 Å². The van der Waals surface area contributed by atoms with Gasteiger partial charge in [0.15, 0.2) is 5.82 Å². The first-order valence-electron chi connectivity index (χ1n) is 5.08. The molecule has 5 nitrogen and oxygen atoms in total. The van der Waals surface area contributed by atoms with Crippen LogP contribution in [0.2, 0.25) is 0 Å². The molecule has 0 saturated carbocycles. The van der Waals surface area contributed by atoms with E-state index in [1.807, 2.05) is 0 Å². The lowest BCUT2D eigenvalue weighted by atomic mass is 10.1. The van der Waals surface area contributed by atoms with Gasteiger partial charge in [0, 0.05) is 12.5 Å². The minimum absolute atomic E-state index is 0.290. The van der Waals surface area contributed by atoms with E-state index in [0.717, 1.165) is 44.3 Å². The largest absolute Gasteiger partial charge is 0.381 e. The van der Waals surface area contributed by atoms with E-state index in [9.17, 15) is 0 Å². The van der Waals surface area contributed by atoms with E-state index in [1.165, 1.54) is 0 Å². The summed E-state index contributed by atoms with van der Waals surface area (Å²) >= 11 is 0. The van der Waals surface area contributed by atoms with Gasteiger partial charge in [-0.15, -0.1) is 0 Å². The van der Waals surface area contributed by atoms with E-state index in [4.69, 9.17) is 9.26 Å². The molecule has 2 saturated heterocycles. The monoisotopic (exact) mass is 195 g/mol. The molecule has 76 valence electrons. The van der Waals surface area contributed by atoms with Crippen molar-refractivity contribution in [1.82, 2.24) is 15.5 Å². The highest BCUT2D eigenvalue weighted by Gasteiger charge is 2.28. The maximum atomic E-state index is 5.28. The molecule has 2 fully saturated rings. The Morgan fingerprint density at radius 1 is 1.36 bits per heavy atom. The average molecular weight is 195 g/mol. The molecule has 1 aromatic heterocycles. The Hall–Kier alpha value is -0.940. The molecule has 2 aliphatic heterocycles. The summed E-state index contributed by atoms with van der Waals surface area (Å²) in [5.41, 5.74) is 0.